The van der Waals surface area contributed by atoms with Crippen LogP contribution in [0.15, 0.2) is 30.3 Å². The SMILES string of the molecule is O=C(NCc1ccccc1)C1CC2C(=O)CCCC2NC1=O. The molecule has 22 heavy (non-hydrogen) atoms. The lowest BCUT2D eigenvalue weighted by molar-refractivity contribution is -0.142. The van der Waals surface area contributed by atoms with Crippen molar-refractivity contribution in [1.29, 1.82) is 0 Å². The second-order valence-electron chi connectivity index (χ2n) is 6.07. The van der Waals surface area contributed by atoms with E-state index in [1.165, 1.54) is 0 Å². The van der Waals surface area contributed by atoms with Crippen LogP contribution in [0.2, 0.25) is 0 Å². The molecule has 3 unspecified atom stereocenters. The van der Waals surface area contributed by atoms with Crippen molar-refractivity contribution in [3.05, 3.63) is 35.9 Å². The molecule has 1 aromatic rings. The van der Waals surface area contributed by atoms with Gasteiger partial charge in [0.1, 0.15) is 11.7 Å². The van der Waals surface area contributed by atoms with E-state index >= 15 is 0 Å². The lowest BCUT2D eigenvalue weighted by atomic mass is 9.75. The van der Waals surface area contributed by atoms with Gasteiger partial charge in [0.05, 0.1) is 0 Å². The number of benzene rings is 1. The minimum atomic E-state index is -0.757. The second-order valence-corrected chi connectivity index (χ2v) is 6.07. The van der Waals surface area contributed by atoms with Crippen LogP contribution in [-0.2, 0) is 20.9 Å². The monoisotopic (exact) mass is 300 g/mol. The summed E-state index contributed by atoms with van der Waals surface area (Å²) in [6, 6.07) is 9.48. The molecule has 3 rings (SSSR count). The van der Waals surface area contributed by atoms with Gasteiger partial charge in [-0.3, -0.25) is 14.4 Å². The number of piperidine rings is 1. The van der Waals surface area contributed by atoms with Gasteiger partial charge in [-0.25, -0.2) is 0 Å². The number of carbonyl (C=O) groups excluding carboxylic acids is 3. The summed E-state index contributed by atoms with van der Waals surface area (Å²) < 4.78 is 0. The molecule has 1 aromatic carbocycles. The quantitative estimate of drug-likeness (QED) is 0.823. The molecule has 1 saturated carbocycles. The highest BCUT2D eigenvalue weighted by Gasteiger charge is 2.43. The Bertz CT molecular complexity index is 585. The zero-order chi connectivity index (χ0) is 15.5. The molecule has 5 heteroatoms. The number of Topliss-reactive ketones (excluding diaryl/α,β-unsaturated/α-hetero) is 1. The smallest absolute Gasteiger partial charge is 0.232 e. The Morgan fingerprint density at radius 1 is 1.23 bits per heavy atom. The van der Waals surface area contributed by atoms with Crippen LogP contribution in [0, 0.1) is 11.8 Å². The van der Waals surface area contributed by atoms with Crippen molar-refractivity contribution in [1.82, 2.24) is 10.6 Å². The predicted octanol–water partition coefficient (Wildman–Crippen LogP) is 1.18. The maximum Gasteiger partial charge on any atom is 0.232 e. The molecule has 2 fully saturated rings. The van der Waals surface area contributed by atoms with Crippen molar-refractivity contribution < 1.29 is 14.4 Å². The Labute approximate surface area is 129 Å². The molecule has 2 amide bonds. The molecule has 0 spiro atoms. The number of rotatable bonds is 3. The summed E-state index contributed by atoms with van der Waals surface area (Å²) >= 11 is 0. The summed E-state index contributed by atoms with van der Waals surface area (Å²) in [4.78, 5) is 36.4. The number of nitrogens with one attached hydrogen (secondary N) is 2. The highest BCUT2D eigenvalue weighted by Crippen LogP contribution is 2.31. The van der Waals surface area contributed by atoms with Crippen LogP contribution in [-0.4, -0.2) is 23.6 Å². The van der Waals surface area contributed by atoms with Crippen LogP contribution in [0.25, 0.3) is 0 Å². The van der Waals surface area contributed by atoms with E-state index in [1.54, 1.807) is 0 Å². The fourth-order valence-corrected chi connectivity index (χ4v) is 3.35. The molecule has 0 aromatic heterocycles. The van der Waals surface area contributed by atoms with E-state index in [1.807, 2.05) is 30.3 Å². The predicted molar refractivity (Wildman–Crippen MR) is 80.7 cm³/mol. The number of fused-ring (bicyclic) bond motifs is 1. The highest BCUT2D eigenvalue weighted by atomic mass is 16.2. The van der Waals surface area contributed by atoms with Gasteiger partial charge in [-0.2, -0.15) is 0 Å². The van der Waals surface area contributed by atoms with Crippen molar-refractivity contribution >= 4 is 17.6 Å². The van der Waals surface area contributed by atoms with Gasteiger partial charge < -0.3 is 10.6 Å². The van der Waals surface area contributed by atoms with Crippen molar-refractivity contribution in [3.8, 4) is 0 Å². The lowest BCUT2D eigenvalue weighted by Crippen LogP contribution is -2.56. The van der Waals surface area contributed by atoms with Crippen molar-refractivity contribution in [2.75, 3.05) is 0 Å². The maximum atomic E-state index is 12.3. The summed E-state index contributed by atoms with van der Waals surface area (Å²) in [5.74, 6) is -1.32. The first kappa shape index (κ1) is 14.8. The van der Waals surface area contributed by atoms with Crippen LogP contribution in [0.4, 0.5) is 0 Å². The molecule has 1 aliphatic heterocycles. The van der Waals surface area contributed by atoms with Crippen molar-refractivity contribution in [3.63, 3.8) is 0 Å². The molecular weight excluding hydrogens is 280 g/mol. The molecular formula is C17H20N2O3. The van der Waals surface area contributed by atoms with E-state index in [0.29, 0.717) is 19.4 Å². The molecule has 2 N–H and O–H groups in total. The third-order valence-corrected chi connectivity index (χ3v) is 4.60. The van der Waals surface area contributed by atoms with Crippen molar-refractivity contribution in [2.45, 2.75) is 38.3 Å². The first-order valence-corrected chi connectivity index (χ1v) is 7.80. The number of hydrogen-bond acceptors (Lipinski definition) is 3. The third kappa shape index (κ3) is 3.03. The summed E-state index contributed by atoms with van der Waals surface area (Å²) in [6.45, 7) is 0.394. The van der Waals surface area contributed by atoms with Crippen LogP contribution < -0.4 is 10.6 Å². The summed E-state index contributed by atoms with van der Waals surface area (Å²) in [7, 11) is 0. The van der Waals surface area contributed by atoms with Gasteiger partial charge in [-0.05, 0) is 24.8 Å². The molecule has 1 heterocycles. The lowest BCUT2D eigenvalue weighted by Gasteiger charge is -2.37. The number of ketones is 1. The van der Waals surface area contributed by atoms with Crippen LogP contribution in [0.5, 0.6) is 0 Å². The van der Waals surface area contributed by atoms with Crippen LogP contribution >= 0.6 is 0 Å². The Hall–Kier alpha value is -2.17. The van der Waals surface area contributed by atoms with E-state index in [0.717, 1.165) is 18.4 Å². The normalized spacial score (nSPS) is 27.7. The average Bonchev–Trinajstić information content (AvgIpc) is 2.53. The van der Waals surface area contributed by atoms with Crippen LogP contribution in [0.1, 0.15) is 31.2 Å². The molecule has 1 saturated heterocycles. The van der Waals surface area contributed by atoms with Gasteiger partial charge in [0.2, 0.25) is 11.8 Å². The van der Waals surface area contributed by atoms with Gasteiger partial charge in [-0.15, -0.1) is 0 Å². The van der Waals surface area contributed by atoms with E-state index < -0.39 is 5.92 Å². The second kappa shape index (κ2) is 6.30. The number of carbonyl (C=O) groups is 3. The molecule has 2 aliphatic rings. The zero-order valence-electron chi connectivity index (χ0n) is 12.4. The third-order valence-electron chi connectivity index (χ3n) is 4.60. The Morgan fingerprint density at radius 3 is 2.77 bits per heavy atom. The molecule has 3 atom stereocenters. The molecule has 0 bridgehead atoms. The van der Waals surface area contributed by atoms with E-state index in [2.05, 4.69) is 10.6 Å². The summed E-state index contributed by atoms with van der Waals surface area (Å²) in [5.41, 5.74) is 0.985. The Kier molecular flexibility index (Phi) is 4.22. The summed E-state index contributed by atoms with van der Waals surface area (Å²) in [5, 5.41) is 5.66. The summed E-state index contributed by atoms with van der Waals surface area (Å²) in [6.07, 6.45) is 2.57. The minimum Gasteiger partial charge on any atom is -0.352 e. The fraction of sp³-hybridized carbons (Fsp3) is 0.471. The maximum absolute atomic E-state index is 12.3. The molecule has 116 valence electrons. The Morgan fingerprint density at radius 2 is 2.00 bits per heavy atom. The standard InChI is InChI=1S/C17H20N2O3/c20-15-8-4-7-14-12(15)9-13(17(22)19-14)16(21)18-10-11-5-2-1-3-6-11/h1-3,5-6,12-14H,4,7-10H2,(H,18,21)(H,19,22). The van der Waals surface area contributed by atoms with E-state index in [4.69, 9.17) is 0 Å². The average molecular weight is 300 g/mol. The van der Waals surface area contributed by atoms with E-state index in [9.17, 15) is 14.4 Å². The largest absolute Gasteiger partial charge is 0.352 e. The number of hydrogen-bond donors (Lipinski definition) is 2. The fourth-order valence-electron chi connectivity index (χ4n) is 3.35. The van der Waals surface area contributed by atoms with Gasteiger partial charge in [-0.1, -0.05) is 30.3 Å². The molecule has 0 radical (unpaired) electrons. The van der Waals surface area contributed by atoms with Gasteiger partial charge >= 0.3 is 0 Å². The van der Waals surface area contributed by atoms with Gasteiger partial charge in [0.25, 0.3) is 0 Å². The molecule has 5 nitrogen and oxygen atoms in total. The minimum absolute atomic E-state index is 0.0769. The first-order chi connectivity index (χ1) is 10.6. The zero-order valence-corrected chi connectivity index (χ0v) is 12.4. The van der Waals surface area contributed by atoms with Crippen LogP contribution in [0.3, 0.4) is 0 Å². The van der Waals surface area contributed by atoms with Gasteiger partial charge in [0, 0.05) is 24.9 Å². The van der Waals surface area contributed by atoms with Gasteiger partial charge in [0.15, 0.2) is 0 Å². The van der Waals surface area contributed by atoms with Crippen molar-refractivity contribution in [2.24, 2.45) is 11.8 Å². The molecule has 1 aliphatic carbocycles. The highest BCUT2D eigenvalue weighted by molar-refractivity contribution is 6.02. The first-order valence-electron chi connectivity index (χ1n) is 7.80. The topological polar surface area (TPSA) is 75.3 Å². The van der Waals surface area contributed by atoms with E-state index in [-0.39, 0.29) is 29.6 Å². The number of amides is 2. The Balaban J connectivity index is 1.62.